The highest BCUT2D eigenvalue weighted by molar-refractivity contribution is 5.83. The number of nitrogens with one attached hydrogen (secondary N) is 1. The highest BCUT2D eigenvalue weighted by atomic mass is 16.7. The Morgan fingerprint density at radius 2 is 1.86 bits per heavy atom. The van der Waals surface area contributed by atoms with Crippen molar-refractivity contribution in [3.8, 4) is 22.6 Å². The third-order valence-corrected chi connectivity index (χ3v) is 5.01. The number of pyridine rings is 1. The second-order valence-electron chi connectivity index (χ2n) is 6.89. The van der Waals surface area contributed by atoms with Gasteiger partial charge in [0.25, 0.3) is 0 Å². The van der Waals surface area contributed by atoms with Gasteiger partial charge < -0.3 is 19.2 Å². The second kappa shape index (κ2) is 6.98. The van der Waals surface area contributed by atoms with Crippen molar-refractivity contribution in [2.75, 3.05) is 12.1 Å². The maximum absolute atomic E-state index is 13.1. The molecule has 2 aromatic carbocycles. The molecule has 0 spiro atoms. The first kappa shape index (κ1) is 17.3. The summed E-state index contributed by atoms with van der Waals surface area (Å²) in [5.74, 6) is 1.91. The number of hydrogen-bond donors (Lipinski definition) is 1. The molecular weight excluding hydrogens is 368 g/mol. The van der Waals surface area contributed by atoms with Crippen LogP contribution in [0.15, 0.2) is 76.3 Å². The molecule has 1 N–H and O–H groups in total. The van der Waals surface area contributed by atoms with Crippen molar-refractivity contribution in [3.05, 3.63) is 82.8 Å². The van der Waals surface area contributed by atoms with E-state index in [1.807, 2.05) is 43.3 Å². The van der Waals surface area contributed by atoms with Crippen LogP contribution < -0.4 is 20.2 Å². The number of hydrogen-bond acceptors (Lipinski definition) is 6. The van der Waals surface area contributed by atoms with Gasteiger partial charge in [-0.05, 0) is 36.2 Å². The van der Waals surface area contributed by atoms with Crippen molar-refractivity contribution >= 4 is 16.8 Å². The van der Waals surface area contributed by atoms with Gasteiger partial charge in [-0.3, -0.25) is 4.79 Å². The maximum atomic E-state index is 13.1. The summed E-state index contributed by atoms with van der Waals surface area (Å²) in [6, 6.07) is 17.2. The van der Waals surface area contributed by atoms with Gasteiger partial charge in [-0.25, -0.2) is 4.98 Å². The summed E-state index contributed by atoms with van der Waals surface area (Å²) >= 11 is 0. The standard InChI is InChI=1S/C23H18N2O4/c1-14(15-5-3-2-4-6-15)25-22-10-17-21(11-24-22)27-12-18(23(17)26)16-7-8-19-20(9-16)29-13-28-19/h2-12,14H,13H2,1H3,(H,24,25). The van der Waals surface area contributed by atoms with Gasteiger partial charge in [0.15, 0.2) is 17.1 Å². The van der Waals surface area contributed by atoms with Gasteiger partial charge in [0.1, 0.15) is 12.1 Å². The van der Waals surface area contributed by atoms with Crippen LogP contribution in [-0.4, -0.2) is 11.8 Å². The molecule has 0 bridgehead atoms. The summed E-state index contributed by atoms with van der Waals surface area (Å²) in [4.78, 5) is 17.5. The summed E-state index contributed by atoms with van der Waals surface area (Å²) in [7, 11) is 0. The number of nitrogens with zero attached hydrogens (tertiary/aromatic N) is 1. The Morgan fingerprint density at radius 1 is 1.03 bits per heavy atom. The molecule has 1 unspecified atom stereocenters. The zero-order valence-corrected chi connectivity index (χ0v) is 15.7. The predicted octanol–water partition coefficient (Wildman–Crippen LogP) is 4.76. The highest BCUT2D eigenvalue weighted by Crippen LogP contribution is 2.35. The number of aromatic nitrogens is 1. The Morgan fingerprint density at radius 3 is 2.72 bits per heavy atom. The first-order valence-corrected chi connectivity index (χ1v) is 9.32. The minimum atomic E-state index is -0.122. The largest absolute Gasteiger partial charge is 0.462 e. The molecule has 3 heterocycles. The highest BCUT2D eigenvalue weighted by Gasteiger charge is 2.17. The van der Waals surface area contributed by atoms with Crippen LogP contribution in [0.4, 0.5) is 5.82 Å². The van der Waals surface area contributed by atoms with Crippen molar-refractivity contribution in [1.29, 1.82) is 0 Å². The van der Waals surface area contributed by atoms with Gasteiger partial charge in [0, 0.05) is 6.04 Å². The Kier molecular flexibility index (Phi) is 4.17. The molecular formula is C23H18N2O4. The van der Waals surface area contributed by atoms with Crippen molar-refractivity contribution < 1.29 is 13.9 Å². The molecule has 2 aromatic heterocycles. The van der Waals surface area contributed by atoms with Crippen LogP contribution in [0.5, 0.6) is 11.5 Å². The summed E-state index contributed by atoms with van der Waals surface area (Å²) in [5, 5.41) is 3.81. The van der Waals surface area contributed by atoms with E-state index < -0.39 is 0 Å². The van der Waals surface area contributed by atoms with Gasteiger partial charge in [0.05, 0.1) is 17.1 Å². The molecule has 0 saturated heterocycles. The van der Waals surface area contributed by atoms with E-state index in [0.29, 0.717) is 39.4 Å². The van der Waals surface area contributed by atoms with Crippen molar-refractivity contribution in [1.82, 2.24) is 4.98 Å². The van der Waals surface area contributed by atoms with E-state index in [1.54, 1.807) is 24.4 Å². The van der Waals surface area contributed by atoms with Crippen LogP contribution in [0, 0.1) is 0 Å². The molecule has 144 valence electrons. The van der Waals surface area contributed by atoms with Crippen LogP contribution in [0.1, 0.15) is 18.5 Å². The Labute approximate surface area is 166 Å². The normalized spacial score (nSPS) is 13.4. The summed E-state index contributed by atoms with van der Waals surface area (Å²) < 4.78 is 16.4. The molecule has 1 aliphatic rings. The first-order valence-electron chi connectivity index (χ1n) is 9.32. The lowest BCUT2D eigenvalue weighted by molar-refractivity contribution is 0.174. The number of ether oxygens (including phenoxy) is 2. The molecule has 0 radical (unpaired) electrons. The zero-order chi connectivity index (χ0) is 19.8. The molecule has 0 fully saturated rings. The Bertz CT molecular complexity index is 1250. The van der Waals surface area contributed by atoms with E-state index >= 15 is 0 Å². The van der Waals surface area contributed by atoms with Gasteiger partial charge >= 0.3 is 0 Å². The molecule has 1 atom stereocenters. The molecule has 0 aliphatic carbocycles. The Balaban J connectivity index is 1.52. The molecule has 0 saturated carbocycles. The van der Waals surface area contributed by atoms with Crippen LogP contribution in [0.3, 0.4) is 0 Å². The van der Waals surface area contributed by atoms with Crippen LogP contribution in [-0.2, 0) is 0 Å². The number of benzene rings is 2. The molecule has 0 amide bonds. The lowest BCUT2D eigenvalue weighted by Gasteiger charge is -2.15. The van der Waals surface area contributed by atoms with E-state index in [2.05, 4.69) is 10.3 Å². The zero-order valence-electron chi connectivity index (χ0n) is 15.7. The van der Waals surface area contributed by atoms with E-state index in [1.165, 1.54) is 6.26 Å². The summed E-state index contributed by atoms with van der Waals surface area (Å²) in [6.07, 6.45) is 3.03. The number of anilines is 1. The Hall–Kier alpha value is -3.80. The monoisotopic (exact) mass is 386 g/mol. The van der Waals surface area contributed by atoms with Crippen molar-refractivity contribution in [2.24, 2.45) is 0 Å². The van der Waals surface area contributed by atoms with Crippen molar-refractivity contribution in [3.63, 3.8) is 0 Å². The van der Waals surface area contributed by atoms with E-state index in [0.717, 1.165) is 5.56 Å². The fraction of sp³-hybridized carbons (Fsp3) is 0.130. The molecule has 4 aromatic rings. The van der Waals surface area contributed by atoms with Crippen LogP contribution in [0.25, 0.3) is 22.1 Å². The van der Waals surface area contributed by atoms with Crippen LogP contribution >= 0.6 is 0 Å². The third-order valence-electron chi connectivity index (χ3n) is 5.01. The molecule has 29 heavy (non-hydrogen) atoms. The van der Waals surface area contributed by atoms with Crippen molar-refractivity contribution in [2.45, 2.75) is 13.0 Å². The average molecular weight is 386 g/mol. The molecule has 6 heteroatoms. The van der Waals surface area contributed by atoms with Gasteiger partial charge in [-0.15, -0.1) is 0 Å². The maximum Gasteiger partial charge on any atom is 0.231 e. The average Bonchev–Trinajstić information content (AvgIpc) is 3.23. The van der Waals surface area contributed by atoms with Gasteiger partial charge in [0.2, 0.25) is 12.2 Å². The smallest absolute Gasteiger partial charge is 0.231 e. The van der Waals surface area contributed by atoms with E-state index in [4.69, 9.17) is 13.9 Å². The van der Waals surface area contributed by atoms with E-state index in [-0.39, 0.29) is 18.3 Å². The topological polar surface area (TPSA) is 73.6 Å². The second-order valence-corrected chi connectivity index (χ2v) is 6.89. The number of rotatable bonds is 4. The molecule has 1 aliphatic heterocycles. The molecule has 6 nitrogen and oxygen atoms in total. The fourth-order valence-electron chi connectivity index (χ4n) is 3.42. The summed E-state index contributed by atoms with van der Waals surface area (Å²) in [5.41, 5.74) is 2.63. The SMILES string of the molecule is CC(Nc1cc2c(=O)c(-c3ccc4c(c3)OCO4)coc2cn1)c1ccccc1. The summed E-state index contributed by atoms with van der Waals surface area (Å²) in [6.45, 7) is 2.23. The van der Waals surface area contributed by atoms with Gasteiger partial charge in [-0.2, -0.15) is 0 Å². The number of fused-ring (bicyclic) bond motifs is 2. The molecule has 5 rings (SSSR count). The first-order chi connectivity index (χ1) is 14.2. The lowest BCUT2D eigenvalue weighted by Crippen LogP contribution is -2.10. The predicted molar refractivity (Wildman–Crippen MR) is 110 cm³/mol. The van der Waals surface area contributed by atoms with Gasteiger partial charge in [-0.1, -0.05) is 36.4 Å². The minimum Gasteiger partial charge on any atom is -0.462 e. The quantitative estimate of drug-likeness (QED) is 0.545. The fourth-order valence-corrected chi connectivity index (χ4v) is 3.42. The minimum absolute atomic E-state index is 0.0465. The lowest BCUT2D eigenvalue weighted by atomic mass is 10.1. The van der Waals surface area contributed by atoms with Crippen LogP contribution in [0.2, 0.25) is 0 Å². The van der Waals surface area contributed by atoms with E-state index in [9.17, 15) is 4.79 Å². The third kappa shape index (κ3) is 3.18.